The number of ether oxygens (including phenoxy) is 1. The Morgan fingerprint density at radius 3 is 2.19 bits per heavy atom. The van der Waals surface area contributed by atoms with Crippen LogP contribution in [0.25, 0.3) is 0 Å². The van der Waals surface area contributed by atoms with Gasteiger partial charge >= 0.3 is 0 Å². The summed E-state index contributed by atoms with van der Waals surface area (Å²) in [6, 6.07) is 9.99. The summed E-state index contributed by atoms with van der Waals surface area (Å²) in [6.07, 6.45) is 0. The highest BCUT2D eigenvalue weighted by Crippen LogP contribution is 2.30. The molecule has 0 bridgehead atoms. The summed E-state index contributed by atoms with van der Waals surface area (Å²) >= 11 is 0. The van der Waals surface area contributed by atoms with Gasteiger partial charge in [-0.3, -0.25) is 0 Å². The summed E-state index contributed by atoms with van der Waals surface area (Å²) in [5, 5.41) is 0. The number of anilines is 1. The van der Waals surface area contributed by atoms with Crippen molar-refractivity contribution in [2.45, 2.75) is 0 Å². The molecule has 16 heavy (non-hydrogen) atoms. The van der Waals surface area contributed by atoms with Gasteiger partial charge in [-0.1, -0.05) is 18.2 Å². The quantitative estimate of drug-likeness (QED) is 0.789. The second-order valence-corrected chi connectivity index (χ2v) is 3.18. The lowest BCUT2D eigenvalue weighted by molar-refractivity contribution is 0.441. The van der Waals surface area contributed by atoms with Crippen LogP contribution in [0.5, 0.6) is 11.5 Å². The normalized spacial score (nSPS) is 10.1. The molecule has 0 aromatic heterocycles. The minimum absolute atomic E-state index is 0.0137. The van der Waals surface area contributed by atoms with Gasteiger partial charge in [0.05, 0.1) is 0 Å². The van der Waals surface area contributed by atoms with Gasteiger partial charge in [0.25, 0.3) is 0 Å². The Kier molecular flexibility index (Phi) is 2.72. The van der Waals surface area contributed by atoms with E-state index in [0.29, 0.717) is 0 Å². The van der Waals surface area contributed by atoms with Crippen LogP contribution in [0.2, 0.25) is 0 Å². The first kappa shape index (κ1) is 10.4. The number of benzene rings is 2. The van der Waals surface area contributed by atoms with E-state index in [2.05, 4.69) is 0 Å². The number of nitrogen functional groups attached to an aromatic ring is 1. The molecule has 0 heterocycles. The predicted molar refractivity (Wildman–Crippen MR) is 57.3 cm³/mol. The van der Waals surface area contributed by atoms with E-state index in [1.54, 1.807) is 6.07 Å². The van der Waals surface area contributed by atoms with Crippen LogP contribution in [0, 0.1) is 11.6 Å². The van der Waals surface area contributed by atoms with Crippen LogP contribution in [0.4, 0.5) is 14.5 Å². The van der Waals surface area contributed by atoms with Crippen LogP contribution in [0.15, 0.2) is 42.5 Å². The molecule has 0 saturated carbocycles. The van der Waals surface area contributed by atoms with E-state index < -0.39 is 11.6 Å². The lowest BCUT2D eigenvalue weighted by Crippen LogP contribution is -1.96. The van der Waals surface area contributed by atoms with Crippen LogP contribution in [0.1, 0.15) is 0 Å². The third-order valence-electron chi connectivity index (χ3n) is 2.07. The van der Waals surface area contributed by atoms with E-state index in [-0.39, 0.29) is 17.2 Å². The maximum absolute atomic E-state index is 13.2. The molecule has 0 aliphatic carbocycles. The smallest absolute Gasteiger partial charge is 0.165 e. The van der Waals surface area contributed by atoms with Crippen LogP contribution in [0.3, 0.4) is 0 Å². The van der Waals surface area contributed by atoms with E-state index in [4.69, 9.17) is 10.5 Å². The predicted octanol–water partition coefficient (Wildman–Crippen LogP) is 3.34. The van der Waals surface area contributed by atoms with Gasteiger partial charge in [0.2, 0.25) is 0 Å². The maximum Gasteiger partial charge on any atom is 0.165 e. The fraction of sp³-hybridized carbons (Fsp3) is 0. The van der Waals surface area contributed by atoms with E-state index in [0.717, 1.165) is 0 Å². The van der Waals surface area contributed by atoms with Crippen molar-refractivity contribution in [3.05, 3.63) is 54.1 Å². The Hall–Kier alpha value is -2.10. The Balaban J connectivity index is 2.35. The summed E-state index contributed by atoms with van der Waals surface area (Å²) in [6.45, 7) is 0. The Morgan fingerprint density at radius 2 is 1.44 bits per heavy atom. The zero-order valence-corrected chi connectivity index (χ0v) is 8.28. The zero-order chi connectivity index (χ0) is 11.5. The van der Waals surface area contributed by atoms with Crippen molar-refractivity contribution in [3.8, 4) is 11.5 Å². The molecule has 2 rings (SSSR count). The van der Waals surface area contributed by atoms with Crippen molar-refractivity contribution in [2.75, 3.05) is 5.73 Å². The van der Waals surface area contributed by atoms with E-state index in [9.17, 15) is 8.78 Å². The molecule has 4 heteroatoms. The molecule has 0 aliphatic rings. The monoisotopic (exact) mass is 221 g/mol. The standard InChI is InChI=1S/C12H9F2NO/c13-8-4-1-2-6-10(8)16-11-7-3-5-9(14)12(11)15/h1-7H,15H2. The molecule has 0 amide bonds. The highest BCUT2D eigenvalue weighted by molar-refractivity contribution is 5.54. The van der Waals surface area contributed by atoms with Gasteiger partial charge in [0.1, 0.15) is 11.5 Å². The fourth-order valence-corrected chi connectivity index (χ4v) is 1.25. The number of nitrogens with two attached hydrogens (primary N) is 1. The fourth-order valence-electron chi connectivity index (χ4n) is 1.25. The van der Waals surface area contributed by atoms with Gasteiger partial charge < -0.3 is 10.5 Å². The van der Waals surface area contributed by atoms with E-state index in [1.807, 2.05) is 0 Å². The zero-order valence-electron chi connectivity index (χ0n) is 8.28. The Labute approximate surface area is 91.3 Å². The van der Waals surface area contributed by atoms with Crippen LogP contribution < -0.4 is 10.5 Å². The van der Waals surface area contributed by atoms with Crippen molar-refractivity contribution in [1.82, 2.24) is 0 Å². The van der Waals surface area contributed by atoms with Crippen LogP contribution in [-0.2, 0) is 0 Å². The van der Waals surface area contributed by atoms with Gasteiger partial charge in [-0.2, -0.15) is 0 Å². The Bertz CT molecular complexity index is 514. The largest absolute Gasteiger partial charge is 0.452 e. The third-order valence-corrected chi connectivity index (χ3v) is 2.07. The van der Waals surface area contributed by atoms with E-state index in [1.165, 1.54) is 36.4 Å². The molecule has 0 atom stereocenters. The molecular formula is C12H9F2NO. The SMILES string of the molecule is Nc1c(F)cccc1Oc1ccccc1F. The summed E-state index contributed by atoms with van der Waals surface area (Å²) < 4.78 is 31.5. The lowest BCUT2D eigenvalue weighted by atomic mass is 10.3. The van der Waals surface area contributed by atoms with Crippen molar-refractivity contribution >= 4 is 5.69 Å². The third kappa shape index (κ3) is 1.95. The van der Waals surface area contributed by atoms with Gasteiger partial charge in [-0.25, -0.2) is 8.78 Å². The minimum atomic E-state index is -0.589. The average molecular weight is 221 g/mol. The van der Waals surface area contributed by atoms with E-state index >= 15 is 0 Å². The van der Waals surface area contributed by atoms with Crippen molar-refractivity contribution < 1.29 is 13.5 Å². The molecule has 2 aromatic carbocycles. The van der Waals surface area contributed by atoms with Crippen molar-refractivity contribution in [2.24, 2.45) is 0 Å². The topological polar surface area (TPSA) is 35.2 Å². The molecule has 0 radical (unpaired) electrons. The van der Waals surface area contributed by atoms with Gasteiger partial charge in [-0.15, -0.1) is 0 Å². The first-order valence-corrected chi connectivity index (χ1v) is 4.65. The average Bonchev–Trinajstić information content (AvgIpc) is 2.28. The highest BCUT2D eigenvalue weighted by atomic mass is 19.1. The molecule has 2 N–H and O–H groups in total. The molecule has 0 unspecified atom stereocenters. The number of halogens is 2. The number of rotatable bonds is 2. The summed E-state index contributed by atoms with van der Waals surface area (Å²) in [4.78, 5) is 0. The number of hydrogen-bond donors (Lipinski definition) is 1. The Morgan fingerprint density at radius 1 is 0.812 bits per heavy atom. The van der Waals surface area contributed by atoms with Gasteiger partial charge in [0, 0.05) is 0 Å². The molecule has 2 aromatic rings. The summed E-state index contributed by atoms with van der Waals surface area (Å²) in [7, 11) is 0. The van der Waals surface area contributed by atoms with Crippen molar-refractivity contribution in [1.29, 1.82) is 0 Å². The summed E-state index contributed by atoms with van der Waals surface area (Å²) in [5.41, 5.74) is 5.32. The molecule has 0 saturated heterocycles. The maximum atomic E-state index is 13.2. The molecular weight excluding hydrogens is 212 g/mol. The second-order valence-electron chi connectivity index (χ2n) is 3.18. The summed E-state index contributed by atoms with van der Waals surface area (Å²) in [5.74, 6) is -0.995. The first-order valence-electron chi connectivity index (χ1n) is 4.65. The molecule has 0 aliphatic heterocycles. The lowest BCUT2D eigenvalue weighted by Gasteiger charge is -2.09. The first-order chi connectivity index (χ1) is 7.68. The molecule has 0 fully saturated rings. The van der Waals surface area contributed by atoms with Gasteiger partial charge in [-0.05, 0) is 24.3 Å². The highest BCUT2D eigenvalue weighted by Gasteiger charge is 2.08. The molecule has 0 spiro atoms. The van der Waals surface area contributed by atoms with Crippen LogP contribution in [-0.4, -0.2) is 0 Å². The van der Waals surface area contributed by atoms with Crippen molar-refractivity contribution in [3.63, 3.8) is 0 Å². The second kappa shape index (κ2) is 4.18. The minimum Gasteiger partial charge on any atom is -0.452 e. The molecule has 82 valence electrons. The number of hydrogen-bond acceptors (Lipinski definition) is 2. The molecule has 2 nitrogen and oxygen atoms in total. The van der Waals surface area contributed by atoms with Crippen LogP contribution >= 0.6 is 0 Å². The number of para-hydroxylation sites is 2. The van der Waals surface area contributed by atoms with Gasteiger partial charge in [0.15, 0.2) is 17.3 Å².